The third kappa shape index (κ3) is 3.06. The van der Waals surface area contributed by atoms with E-state index in [1.807, 2.05) is 18.2 Å². The van der Waals surface area contributed by atoms with E-state index >= 15 is 0 Å². The van der Waals surface area contributed by atoms with Crippen LogP contribution in [0, 0.1) is 11.8 Å². The molecule has 0 spiro atoms. The molecule has 1 heterocycles. The third-order valence-corrected chi connectivity index (χ3v) is 2.10. The third-order valence-electron chi connectivity index (χ3n) is 2.10. The average molecular weight is 244 g/mol. The lowest BCUT2D eigenvalue weighted by Gasteiger charge is -2.05. The van der Waals surface area contributed by atoms with Crippen LogP contribution in [0.15, 0.2) is 24.3 Å². The first-order chi connectivity index (χ1) is 8.79. The monoisotopic (exact) mass is 244 g/mol. The van der Waals surface area contributed by atoms with E-state index in [9.17, 15) is 0 Å². The van der Waals surface area contributed by atoms with Crippen LogP contribution >= 0.6 is 0 Å². The van der Waals surface area contributed by atoms with Crippen LogP contribution in [0.1, 0.15) is 11.4 Å². The van der Waals surface area contributed by atoms with Crippen LogP contribution in [0.25, 0.3) is 0 Å². The highest BCUT2D eigenvalue weighted by Gasteiger charge is 2.04. The highest BCUT2D eigenvalue weighted by Crippen LogP contribution is 2.17. The van der Waals surface area contributed by atoms with Crippen LogP contribution < -0.4 is 4.74 Å². The van der Waals surface area contributed by atoms with E-state index < -0.39 is 0 Å². The van der Waals surface area contributed by atoms with Gasteiger partial charge in [-0.05, 0) is 17.3 Å². The van der Waals surface area contributed by atoms with Crippen LogP contribution in [0.5, 0.6) is 5.75 Å². The van der Waals surface area contributed by atoms with Gasteiger partial charge >= 0.3 is 0 Å². The van der Waals surface area contributed by atoms with E-state index in [0.717, 1.165) is 5.56 Å². The van der Waals surface area contributed by atoms with Crippen LogP contribution in [-0.2, 0) is 13.7 Å². The Kier molecular flexibility index (Phi) is 3.89. The van der Waals surface area contributed by atoms with Gasteiger partial charge in [0.1, 0.15) is 12.4 Å². The largest absolute Gasteiger partial charge is 0.484 e. The van der Waals surface area contributed by atoms with Crippen molar-refractivity contribution in [3.63, 3.8) is 0 Å². The van der Waals surface area contributed by atoms with Crippen LogP contribution in [0.2, 0.25) is 0 Å². The van der Waals surface area contributed by atoms with Gasteiger partial charge < -0.3 is 9.84 Å². The Balaban J connectivity index is 2.09. The molecular formula is C12H12N4O2. The van der Waals surface area contributed by atoms with Gasteiger partial charge in [-0.1, -0.05) is 24.0 Å². The number of aliphatic hydroxyl groups is 1. The number of hydrogen-bond acceptors (Lipinski definition) is 5. The second-order valence-electron chi connectivity index (χ2n) is 3.44. The van der Waals surface area contributed by atoms with Crippen molar-refractivity contribution >= 4 is 0 Å². The fourth-order valence-electron chi connectivity index (χ4n) is 1.35. The molecule has 0 fully saturated rings. The van der Waals surface area contributed by atoms with E-state index in [1.165, 1.54) is 4.80 Å². The fraction of sp³-hybridized carbons (Fsp3) is 0.250. The molecule has 1 aromatic carbocycles. The van der Waals surface area contributed by atoms with Crippen molar-refractivity contribution < 1.29 is 9.84 Å². The maximum atomic E-state index is 8.68. The van der Waals surface area contributed by atoms with Crippen LogP contribution in [-0.4, -0.2) is 31.9 Å². The Hall–Kier alpha value is -2.39. The summed E-state index contributed by atoms with van der Waals surface area (Å²) in [5.74, 6) is 6.54. The lowest BCUT2D eigenvalue weighted by molar-refractivity contribution is 0.294. The zero-order valence-electron chi connectivity index (χ0n) is 9.87. The van der Waals surface area contributed by atoms with Gasteiger partial charge in [0.15, 0.2) is 6.61 Å². The molecule has 0 aliphatic carbocycles. The Morgan fingerprint density at radius 3 is 2.94 bits per heavy atom. The fourth-order valence-corrected chi connectivity index (χ4v) is 1.35. The maximum absolute atomic E-state index is 8.68. The summed E-state index contributed by atoms with van der Waals surface area (Å²) in [6, 6.07) is 7.33. The molecule has 1 N–H and O–H groups in total. The minimum atomic E-state index is -0.181. The number of hydrogen-bond donors (Lipinski definition) is 1. The predicted octanol–water partition coefficient (Wildman–Crippen LogP) is 0.133. The number of aliphatic hydroxyl groups excluding tert-OH is 1. The number of aryl methyl sites for hydroxylation is 1. The minimum Gasteiger partial charge on any atom is -0.484 e. The average Bonchev–Trinajstić information content (AvgIpc) is 2.81. The Labute approximate surface area is 104 Å². The Morgan fingerprint density at radius 1 is 1.39 bits per heavy atom. The molecule has 0 amide bonds. The molecule has 6 heteroatoms. The van der Waals surface area contributed by atoms with Crippen molar-refractivity contribution in [2.45, 2.75) is 6.61 Å². The molecule has 2 rings (SSSR count). The molecule has 0 aliphatic rings. The number of benzene rings is 1. The summed E-state index contributed by atoms with van der Waals surface area (Å²) < 4.78 is 5.57. The van der Waals surface area contributed by atoms with E-state index in [-0.39, 0.29) is 13.2 Å². The zero-order chi connectivity index (χ0) is 12.8. The second-order valence-corrected chi connectivity index (χ2v) is 3.44. The van der Waals surface area contributed by atoms with Gasteiger partial charge in [0.05, 0.1) is 12.6 Å². The zero-order valence-corrected chi connectivity index (χ0v) is 9.87. The Morgan fingerprint density at radius 2 is 2.22 bits per heavy atom. The van der Waals surface area contributed by atoms with Crippen LogP contribution in [0.3, 0.4) is 0 Å². The summed E-state index contributed by atoms with van der Waals surface area (Å²) in [7, 11) is 1.69. The summed E-state index contributed by atoms with van der Waals surface area (Å²) in [4.78, 5) is 1.37. The number of nitrogens with zero attached hydrogens (tertiary/aromatic N) is 4. The number of para-hydroxylation sites is 1. The van der Waals surface area contributed by atoms with Gasteiger partial charge in [0.25, 0.3) is 0 Å². The molecule has 92 valence electrons. The van der Waals surface area contributed by atoms with Gasteiger partial charge in [0.2, 0.25) is 5.82 Å². The van der Waals surface area contributed by atoms with Gasteiger partial charge in [-0.25, -0.2) is 0 Å². The van der Waals surface area contributed by atoms with Crippen molar-refractivity contribution in [1.29, 1.82) is 0 Å². The molecule has 0 aliphatic heterocycles. The van der Waals surface area contributed by atoms with E-state index in [2.05, 4.69) is 27.3 Å². The van der Waals surface area contributed by atoms with Gasteiger partial charge in [0, 0.05) is 0 Å². The quantitative estimate of drug-likeness (QED) is 0.777. The molecule has 0 saturated heterocycles. The van der Waals surface area contributed by atoms with Crippen molar-refractivity contribution in [2.24, 2.45) is 7.05 Å². The van der Waals surface area contributed by atoms with Crippen molar-refractivity contribution in [3.05, 3.63) is 35.7 Å². The predicted molar refractivity (Wildman–Crippen MR) is 63.5 cm³/mol. The summed E-state index contributed by atoms with van der Waals surface area (Å²) in [6.07, 6.45) is 0. The molecule has 0 unspecified atom stereocenters. The van der Waals surface area contributed by atoms with E-state index in [0.29, 0.717) is 11.6 Å². The molecule has 18 heavy (non-hydrogen) atoms. The SMILES string of the molecule is Cn1nnc(COc2ccccc2C#CCO)n1. The summed E-state index contributed by atoms with van der Waals surface area (Å²) in [6.45, 7) is 0.0473. The molecule has 0 radical (unpaired) electrons. The summed E-state index contributed by atoms with van der Waals surface area (Å²) in [5, 5.41) is 20.2. The molecule has 0 saturated carbocycles. The molecule has 0 atom stereocenters. The summed E-state index contributed by atoms with van der Waals surface area (Å²) >= 11 is 0. The van der Waals surface area contributed by atoms with Crippen LogP contribution in [0.4, 0.5) is 0 Å². The summed E-state index contributed by atoms with van der Waals surface area (Å²) in [5.41, 5.74) is 0.718. The van der Waals surface area contributed by atoms with Crippen molar-refractivity contribution in [3.8, 4) is 17.6 Å². The minimum absolute atomic E-state index is 0.181. The van der Waals surface area contributed by atoms with E-state index in [1.54, 1.807) is 13.1 Å². The molecule has 2 aromatic rings. The van der Waals surface area contributed by atoms with Crippen molar-refractivity contribution in [2.75, 3.05) is 6.61 Å². The molecule has 6 nitrogen and oxygen atoms in total. The first-order valence-electron chi connectivity index (χ1n) is 5.34. The highest BCUT2D eigenvalue weighted by atomic mass is 16.5. The topological polar surface area (TPSA) is 73.1 Å². The van der Waals surface area contributed by atoms with Gasteiger partial charge in [-0.2, -0.15) is 4.80 Å². The first-order valence-corrected chi connectivity index (χ1v) is 5.34. The number of ether oxygens (including phenoxy) is 1. The van der Waals surface area contributed by atoms with Gasteiger partial charge in [-0.15, -0.1) is 10.2 Å². The second kappa shape index (κ2) is 5.80. The molecule has 1 aromatic heterocycles. The molecular weight excluding hydrogens is 232 g/mol. The number of tetrazole rings is 1. The maximum Gasteiger partial charge on any atom is 0.212 e. The lowest BCUT2D eigenvalue weighted by atomic mass is 10.2. The van der Waals surface area contributed by atoms with Crippen molar-refractivity contribution in [1.82, 2.24) is 20.2 Å². The van der Waals surface area contributed by atoms with Gasteiger partial charge in [-0.3, -0.25) is 0 Å². The van der Waals surface area contributed by atoms with E-state index in [4.69, 9.17) is 9.84 Å². The number of rotatable bonds is 3. The smallest absolute Gasteiger partial charge is 0.212 e. The first kappa shape index (κ1) is 12.1. The molecule has 0 bridgehead atoms. The normalized spacial score (nSPS) is 9.67. The highest BCUT2D eigenvalue weighted by molar-refractivity contribution is 5.45. The lowest BCUT2D eigenvalue weighted by Crippen LogP contribution is -2.00. The number of aromatic nitrogens is 4. The Bertz CT molecular complexity index is 583. The standard InChI is InChI=1S/C12H12N4O2/c1-16-14-12(13-15-16)9-18-11-7-3-2-5-10(11)6-4-8-17/h2-3,5,7,17H,8-9H2,1H3.